The Kier molecular flexibility index (Phi) is 7.66. The Balaban J connectivity index is 0.00000324. The van der Waals surface area contributed by atoms with Gasteiger partial charge in [-0.05, 0) is 19.1 Å². The van der Waals surface area contributed by atoms with Gasteiger partial charge in [-0.1, -0.05) is 27.5 Å². The van der Waals surface area contributed by atoms with E-state index < -0.39 is 18.2 Å². The highest BCUT2D eigenvalue weighted by atomic mass is 79.9. The van der Waals surface area contributed by atoms with Crippen molar-refractivity contribution >= 4 is 45.9 Å². The number of alkyl halides is 1. The molecule has 108 valence electrons. The van der Waals surface area contributed by atoms with Crippen LogP contribution in [0.1, 0.15) is 18.5 Å². The maximum atomic E-state index is 13.7. The molecule has 1 rings (SSSR count). The van der Waals surface area contributed by atoms with Crippen LogP contribution in [0.15, 0.2) is 16.6 Å². The van der Waals surface area contributed by atoms with Crippen molar-refractivity contribution in [3.8, 4) is 5.75 Å². The summed E-state index contributed by atoms with van der Waals surface area (Å²) in [6.07, 6.45) is -2.07. The molecular formula is C11H13BrCl2FNO3. The number of carbonyl (C=O) groups is 1. The summed E-state index contributed by atoms with van der Waals surface area (Å²) < 4.78 is 18.8. The first kappa shape index (κ1) is 18.4. The van der Waals surface area contributed by atoms with Gasteiger partial charge in [-0.25, -0.2) is 9.18 Å². The summed E-state index contributed by atoms with van der Waals surface area (Å²) in [5.74, 6) is -1.42. The second kappa shape index (κ2) is 7.89. The lowest BCUT2D eigenvalue weighted by Gasteiger charge is -2.17. The first-order chi connectivity index (χ1) is 8.38. The number of phenolic OH excluding ortho intramolecular Hbond substituents is 1. The maximum absolute atomic E-state index is 13.7. The molecule has 0 bridgehead atoms. The van der Waals surface area contributed by atoms with Crippen molar-refractivity contribution in [2.24, 2.45) is 5.73 Å². The number of hydrogen-bond donors (Lipinski definition) is 2. The van der Waals surface area contributed by atoms with Gasteiger partial charge in [0.1, 0.15) is 5.75 Å². The van der Waals surface area contributed by atoms with E-state index in [1.54, 1.807) is 6.92 Å². The average molecular weight is 377 g/mol. The predicted octanol–water partition coefficient (Wildman–Crippen LogP) is 3.13. The van der Waals surface area contributed by atoms with Crippen LogP contribution in [-0.2, 0) is 9.53 Å². The largest absolute Gasteiger partial charge is 0.506 e. The van der Waals surface area contributed by atoms with Crippen molar-refractivity contribution in [2.75, 3.05) is 6.61 Å². The molecule has 0 saturated heterocycles. The van der Waals surface area contributed by atoms with E-state index in [2.05, 4.69) is 20.7 Å². The molecule has 0 saturated carbocycles. The highest BCUT2D eigenvalue weighted by molar-refractivity contribution is 9.10. The van der Waals surface area contributed by atoms with Crippen LogP contribution in [0.3, 0.4) is 0 Å². The van der Waals surface area contributed by atoms with E-state index in [0.717, 1.165) is 0 Å². The number of benzene rings is 1. The summed E-state index contributed by atoms with van der Waals surface area (Å²) >= 11 is 8.88. The van der Waals surface area contributed by atoms with Gasteiger partial charge >= 0.3 is 5.97 Å². The van der Waals surface area contributed by atoms with E-state index in [9.17, 15) is 14.3 Å². The monoisotopic (exact) mass is 375 g/mol. The molecule has 0 amide bonds. The molecule has 2 atom stereocenters. The number of nitrogens with two attached hydrogens (primary N) is 1. The second-order valence-corrected chi connectivity index (χ2v) is 4.83. The summed E-state index contributed by atoms with van der Waals surface area (Å²) in [6.45, 7) is 1.61. The lowest BCUT2D eigenvalue weighted by molar-refractivity contribution is -0.149. The number of halogens is 4. The van der Waals surface area contributed by atoms with E-state index in [4.69, 9.17) is 17.3 Å². The third-order valence-electron chi connectivity index (χ3n) is 2.24. The van der Waals surface area contributed by atoms with E-state index in [1.807, 2.05) is 0 Å². The first-order valence-corrected chi connectivity index (χ1v) is 6.29. The van der Waals surface area contributed by atoms with Crippen LogP contribution in [0, 0.1) is 0 Å². The summed E-state index contributed by atoms with van der Waals surface area (Å²) in [5, 5.41) is 9.72. The quantitative estimate of drug-likeness (QED) is 0.792. The Bertz CT molecular complexity index is 462. The van der Waals surface area contributed by atoms with Crippen molar-refractivity contribution in [1.82, 2.24) is 0 Å². The molecule has 8 heteroatoms. The highest BCUT2D eigenvalue weighted by Crippen LogP contribution is 2.35. The van der Waals surface area contributed by atoms with Crippen LogP contribution in [0.2, 0.25) is 5.02 Å². The Morgan fingerprint density at radius 2 is 2.21 bits per heavy atom. The number of carbonyl (C=O) groups excluding carboxylic acids is 1. The van der Waals surface area contributed by atoms with Crippen molar-refractivity contribution < 1.29 is 19.0 Å². The Morgan fingerprint density at radius 1 is 1.63 bits per heavy atom. The Hall–Kier alpha value is -0.560. The third-order valence-corrected chi connectivity index (χ3v) is 2.99. The van der Waals surface area contributed by atoms with Gasteiger partial charge in [-0.3, -0.25) is 0 Å². The zero-order valence-corrected chi connectivity index (χ0v) is 13.1. The number of esters is 1. The molecule has 0 aliphatic rings. The summed E-state index contributed by atoms with van der Waals surface area (Å²) in [6, 6.07) is 1.49. The molecule has 1 aromatic carbocycles. The zero-order valence-electron chi connectivity index (χ0n) is 9.90. The van der Waals surface area contributed by atoms with E-state index in [-0.39, 0.29) is 35.3 Å². The minimum absolute atomic E-state index is 0. The van der Waals surface area contributed by atoms with Gasteiger partial charge in [0, 0.05) is 10.0 Å². The van der Waals surface area contributed by atoms with Gasteiger partial charge in [0.25, 0.3) is 0 Å². The van der Waals surface area contributed by atoms with Crippen LogP contribution in [-0.4, -0.2) is 23.9 Å². The SMILES string of the molecule is CCOC(=O)C(F)[C@H](N)c1cc(Br)cc(Cl)c1O.Cl. The topological polar surface area (TPSA) is 72.5 Å². The van der Waals surface area contributed by atoms with Crippen molar-refractivity contribution in [1.29, 1.82) is 0 Å². The van der Waals surface area contributed by atoms with Crippen LogP contribution in [0.4, 0.5) is 4.39 Å². The standard InChI is InChI=1S/C11H12BrClFNO3.ClH/c1-2-18-11(17)8(14)9(15)6-3-5(12)4-7(13)10(6)16;/h3-4,8-9,16H,2,15H2,1H3;1H/t8?,9-;/m1./s1. The Labute approximate surface area is 129 Å². The lowest BCUT2D eigenvalue weighted by atomic mass is 10.0. The number of phenols is 1. The lowest BCUT2D eigenvalue weighted by Crippen LogP contribution is -2.31. The highest BCUT2D eigenvalue weighted by Gasteiger charge is 2.30. The average Bonchev–Trinajstić information content (AvgIpc) is 2.32. The summed E-state index contributed by atoms with van der Waals surface area (Å²) in [4.78, 5) is 11.2. The van der Waals surface area contributed by atoms with Gasteiger partial charge in [0.05, 0.1) is 17.7 Å². The fourth-order valence-corrected chi connectivity index (χ4v) is 2.20. The van der Waals surface area contributed by atoms with E-state index in [1.165, 1.54) is 12.1 Å². The number of hydrogen-bond acceptors (Lipinski definition) is 4. The van der Waals surface area contributed by atoms with Crippen LogP contribution < -0.4 is 5.73 Å². The minimum atomic E-state index is -2.07. The molecule has 3 N–H and O–H groups in total. The molecule has 19 heavy (non-hydrogen) atoms. The smallest absolute Gasteiger partial charge is 0.342 e. The second-order valence-electron chi connectivity index (χ2n) is 3.51. The maximum Gasteiger partial charge on any atom is 0.342 e. The predicted molar refractivity (Wildman–Crippen MR) is 76.5 cm³/mol. The fourth-order valence-electron chi connectivity index (χ4n) is 1.37. The van der Waals surface area contributed by atoms with Gasteiger partial charge < -0.3 is 15.6 Å². The number of ether oxygens (including phenoxy) is 1. The molecule has 0 aliphatic carbocycles. The normalized spacial score (nSPS) is 13.3. The summed E-state index contributed by atoms with van der Waals surface area (Å²) in [5.41, 5.74) is 5.63. The van der Waals surface area contributed by atoms with Gasteiger partial charge in [-0.2, -0.15) is 0 Å². The molecule has 0 heterocycles. The van der Waals surface area contributed by atoms with E-state index in [0.29, 0.717) is 4.47 Å². The van der Waals surface area contributed by atoms with Gasteiger partial charge in [0.15, 0.2) is 0 Å². The van der Waals surface area contributed by atoms with Crippen LogP contribution >= 0.6 is 39.9 Å². The molecule has 0 aliphatic heterocycles. The Morgan fingerprint density at radius 3 is 2.74 bits per heavy atom. The molecule has 0 radical (unpaired) electrons. The number of rotatable bonds is 4. The van der Waals surface area contributed by atoms with Crippen LogP contribution in [0.5, 0.6) is 5.75 Å². The summed E-state index contributed by atoms with van der Waals surface area (Å²) in [7, 11) is 0. The van der Waals surface area contributed by atoms with E-state index >= 15 is 0 Å². The van der Waals surface area contributed by atoms with Gasteiger partial charge in [-0.15, -0.1) is 12.4 Å². The van der Waals surface area contributed by atoms with Crippen molar-refractivity contribution in [2.45, 2.75) is 19.1 Å². The molecule has 1 unspecified atom stereocenters. The van der Waals surface area contributed by atoms with Gasteiger partial charge in [0.2, 0.25) is 6.17 Å². The molecule has 0 aromatic heterocycles. The molecular weight excluding hydrogens is 364 g/mol. The van der Waals surface area contributed by atoms with Crippen LogP contribution in [0.25, 0.3) is 0 Å². The molecule has 4 nitrogen and oxygen atoms in total. The number of aromatic hydroxyl groups is 1. The fraction of sp³-hybridized carbons (Fsp3) is 0.364. The molecule has 1 aromatic rings. The van der Waals surface area contributed by atoms with Crippen molar-refractivity contribution in [3.05, 3.63) is 27.2 Å². The third kappa shape index (κ3) is 4.49. The molecule has 0 fully saturated rings. The minimum Gasteiger partial charge on any atom is -0.506 e. The zero-order chi connectivity index (χ0) is 13.9. The molecule has 0 spiro atoms. The first-order valence-electron chi connectivity index (χ1n) is 5.12. The van der Waals surface area contributed by atoms with Crippen molar-refractivity contribution in [3.63, 3.8) is 0 Å².